The third-order valence-corrected chi connectivity index (χ3v) is 3.28. The lowest BCUT2D eigenvalue weighted by molar-refractivity contribution is 0.0660. The Bertz CT molecular complexity index is 589. The molecule has 2 N–H and O–H groups in total. The standard InChI is InChI=1S/C16H19NO3/c1-11-5-3-4-6-13(11)9-12(2)17-10-14-7-8-15(20-14)16(18)19/h3-8,12,17H,9-10H2,1-2H3,(H,18,19). The molecule has 0 saturated heterocycles. The second-order valence-corrected chi connectivity index (χ2v) is 4.98. The smallest absolute Gasteiger partial charge is 0.371 e. The molecule has 2 aromatic rings. The van der Waals surface area contributed by atoms with Crippen LogP contribution in [0, 0.1) is 6.92 Å². The third kappa shape index (κ3) is 3.71. The van der Waals surface area contributed by atoms with Gasteiger partial charge in [-0.05, 0) is 43.5 Å². The van der Waals surface area contributed by atoms with E-state index in [9.17, 15) is 4.79 Å². The van der Waals surface area contributed by atoms with Crippen molar-refractivity contribution in [2.45, 2.75) is 32.9 Å². The van der Waals surface area contributed by atoms with Crippen LogP contribution in [-0.4, -0.2) is 17.1 Å². The summed E-state index contributed by atoms with van der Waals surface area (Å²) in [6.07, 6.45) is 0.930. The molecule has 4 nitrogen and oxygen atoms in total. The number of benzene rings is 1. The minimum Gasteiger partial charge on any atom is -0.475 e. The molecule has 20 heavy (non-hydrogen) atoms. The normalized spacial score (nSPS) is 12.3. The van der Waals surface area contributed by atoms with Gasteiger partial charge in [-0.2, -0.15) is 0 Å². The maximum Gasteiger partial charge on any atom is 0.371 e. The summed E-state index contributed by atoms with van der Waals surface area (Å²) in [5.41, 5.74) is 2.60. The van der Waals surface area contributed by atoms with Crippen LogP contribution in [0.5, 0.6) is 0 Å². The lowest BCUT2D eigenvalue weighted by Gasteiger charge is -2.14. The maximum atomic E-state index is 10.7. The van der Waals surface area contributed by atoms with E-state index in [-0.39, 0.29) is 11.8 Å². The van der Waals surface area contributed by atoms with E-state index >= 15 is 0 Å². The van der Waals surface area contributed by atoms with Gasteiger partial charge in [0.25, 0.3) is 0 Å². The molecule has 0 aliphatic carbocycles. The van der Waals surface area contributed by atoms with Crippen molar-refractivity contribution < 1.29 is 14.3 Å². The van der Waals surface area contributed by atoms with Gasteiger partial charge in [-0.1, -0.05) is 24.3 Å². The van der Waals surface area contributed by atoms with Crippen LogP contribution in [0.25, 0.3) is 0 Å². The molecule has 0 spiro atoms. The average molecular weight is 273 g/mol. The zero-order valence-corrected chi connectivity index (χ0v) is 11.7. The molecular formula is C16H19NO3. The second kappa shape index (κ2) is 6.39. The molecule has 1 unspecified atom stereocenters. The Kier molecular flexibility index (Phi) is 4.58. The van der Waals surface area contributed by atoms with Gasteiger partial charge in [-0.15, -0.1) is 0 Å². The van der Waals surface area contributed by atoms with E-state index in [0.29, 0.717) is 12.3 Å². The Labute approximate surface area is 118 Å². The number of carboxylic acid groups (broad SMARTS) is 1. The van der Waals surface area contributed by atoms with Gasteiger partial charge in [0.05, 0.1) is 6.54 Å². The predicted octanol–water partition coefficient (Wildman–Crippen LogP) is 3.01. The van der Waals surface area contributed by atoms with Crippen LogP contribution in [0.1, 0.15) is 34.4 Å². The summed E-state index contributed by atoms with van der Waals surface area (Å²) in [6.45, 7) is 4.74. The van der Waals surface area contributed by atoms with Gasteiger partial charge in [0.1, 0.15) is 5.76 Å². The lowest BCUT2D eigenvalue weighted by atomic mass is 10.0. The molecule has 0 bridgehead atoms. The third-order valence-electron chi connectivity index (χ3n) is 3.28. The number of aromatic carboxylic acids is 1. The topological polar surface area (TPSA) is 62.5 Å². The van der Waals surface area contributed by atoms with E-state index in [1.54, 1.807) is 6.07 Å². The minimum atomic E-state index is -1.04. The van der Waals surface area contributed by atoms with Gasteiger partial charge < -0.3 is 14.8 Å². The molecule has 0 amide bonds. The Morgan fingerprint density at radius 2 is 2.05 bits per heavy atom. The van der Waals surface area contributed by atoms with Crippen LogP contribution in [0.3, 0.4) is 0 Å². The van der Waals surface area contributed by atoms with Crippen molar-refractivity contribution in [2.75, 3.05) is 0 Å². The molecule has 1 aromatic carbocycles. The predicted molar refractivity (Wildman–Crippen MR) is 76.9 cm³/mol. The van der Waals surface area contributed by atoms with Crippen molar-refractivity contribution in [3.8, 4) is 0 Å². The first-order chi connectivity index (χ1) is 9.56. The molecule has 1 heterocycles. The van der Waals surface area contributed by atoms with Crippen LogP contribution in [0.2, 0.25) is 0 Å². The molecule has 0 saturated carbocycles. The summed E-state index contributed by atoms with van der Waals surface area (Å²) in [5, 5.41) is 12.1. The van der Waals surface area contributed by atoms with Gasteiger partial charge in [-0.3, -0.25) is 0 Å². The van der Waals surface area contributed by atoms with Gasteiger partial charge in [0.15, 0.2) is 0 Å². The number of hydrogen-bond acceptors (Lipinski definition) is 3. The molecule has 2 rings (SSSR count). The molecule has 1 atom stereocenters. The minimum absolute atomic E-state index is 0.0200. The van der Waals surface area contributed by atoms with E-state index < -0.39 is 5.97 Å². The highest BCUT2D eigenvalue weighted by Crippen LogP contribution is 2.11. The lowest BCUT2D eigenvalue weighted by Crippen LogP contribution is -2.27. The van der Waals surface area contributed by atoms with Crippen LogP contribution in [-0.2, 0) is 13.0 Å². The Hall–Kier alpha value is -2.07. The maximum absolute atomic E-state index is 10.7. The van der Waals surface area contributed by atoms with Crippen LogP contribution < -0.4 is 5.32 Å². The van der Waals surface area contributed by atoms with Crippen molar-refractivity contribution in [2.24, 2.45) is 0 Å². The number of carbonyl (C=O) groups is 1. The first-order valence-corrected chi connectivity index (χ1v) is 6.66. The summed E-state index contributed by atoms with van der Waals surface area (Å²) in [7, 11) is 0. The SMILES string of the molecule is Cc1ccccc1CC(C)NCc1ccc(C(=O)O)o1. The van der Waals surface area contributed by atoms with E-state index in [1.807, 2.05) is 12.1 Å². The number of hydrogen-bond donors (Lipinski definition) is 2. The molecule has 1 aromatic heterocycles. The molecular weight excluding hydrogens is 254 g/mol. The number of carboxylic acids is 1. The first kappa shape index (κ1) is 14.3. The van der Waals surface area contributed by atoms with E-state index in [1.165, 1.54) is 17.2 Å². The van der Waals surface area contributed by atoms with Crippen molar-refractivity contribution in [1.29, 1.82) is 0 Å². The highest BCUT2D eigenvalue weighted by atomic mass is 16.4. The molecule has 4 heteroatoms. The Morgan fingerprint density at radius 1 is 1.30 bits per heavy atom. The summed E-state index contributed by atoms with van der Waals surface area (Å²) in [5.74, 6) is -0.420. The van der Waals surface area contributed by atoms with E-state index in [4.69, 9.17) is 9.52 Å². The molecule has 106 valence electrons. The van der Waals surface area contributed by atoms with E-state index in [0.717, 1.165) is 6.42 Å². The summed E-state index contributed by atoms with van der Waals surface area (Å²) in [4.78, 5) is 10.7. The summed E-state index contributed by atoms with van der Waals surface area (Å²) >= 11 is 0. The van der Waals surface area contributed by atoms with Gasteiger partial charge in [0, 0.05) is 6.04 Å². The molecule has 0 aliphatic heterocycles. The second-order valence-electron chi connectivity index (χ2n) is 4.98. The average Bonchev–Trinajstić information content (AvgIpc) is 2.88. The number of rotatable bonds is 6. The van der Waals surface area contributed by atoms with Crippen LogP contribution >= 0.6 is 0 Å². The van der Waals surface area contributed by atoms with Crippen LogP contribution in [0.15, 0.2) is 40.8 Å². The molecule has 0 radical (unpaired) electrons. The number of nitrogens with one attached hydrogen (secondary N) is 1. The van der Waals surface area contributed by atoms with Crippen molar-refractivity contribution in [3.63, 3.8) is 0 Å². The van der Waals surface area contributed by atoms with Gasteiger partial charge >= 0.3 is 5.97 Å². The molecule has 0 aliphatic rings. The number of aryl methyl sites for hydroxylation is 1. The van der Waals surface area contributed by atoms with Gasteiger partial charge in [-0.25, -0.2) is 4.79 Å². The fourth-order valence-corrected chi connectivity index (χ4v) is 2.10. The quantitative estimate of drug-likeness (QED) is 0.849. The Balaban J connectivity index is 1.87. The Morgan fingerprint density at radius 3 is 2.70 bits per heavy atom. The largest absolute Gasteiger partial charge is 0.475 e. The highest BCUT2D eigenvalue weighted by molar-refractivity contribution is 5.84. The zero-order valence-electron chi connectivity index (χ0n) is 11.7. The fourth-order valence-electron chi connectivity index (χ4n) is 2.10. The van der Waals surface area contributed by atoms with E-state index in [2.05, 4.69) is 31.3 Å². The molecule has 0 fully saturated rings. The summed E-state index contributed by atoms with van der Waals surface area (Å²) < 4.78 is 5.21. The van der Waals surface area contributed by atoms with Crippen molar-refractivity contribution in [1.82, 2.24) is 5.32 Å². The fraction of sp³-hybridized carbons (Fsp3) is 0.312. The van der Waals surface area contributed by atoms with Crippen molar-refractivity contribution in [3.05, 3.63) is 59.0 Å². The summed E-state index contributed by atoms with van der Waals surface area (Å²) in [6, 6.07) is 11.8. The zero-order chi connectivity index (χ0) is 14.5. The van der Waals surface area contributed by atoms with Gasteiger partial charge in [0.2, 0.25) is 5.76 Å². The first-order valence-electron chi connectivity index (χ1n) is 6.66. The van der Waals surface area contributed by atoms with Crippen LogP contribution in [0.4, 0.5) is 0 Å². The monoisotopic (exact) mass is 273 g/mol. The highest BCUT2D eigenvalue weighted by Gasteiger charge is 2.10. The van der Waals surface area contributed by atoms with Crippen molar-refractivity contribution >= 4 is 5.97 Å². The number of furan rings is 1.